The van der Waals surface area contributed by atoms with E-state index >= 15 is 0 Å². The Bertz CT molecular complexity index is 666. The van der Waals surface area contributed by atoms with Crippen molar-refractivity contribution in [3.8, 4) is 11.5 Å². The minimum Gasteiger partial charge on any atom is -0.496 e. The SMILES string of the molecule is COc1cccc(OC)c1C(=O)N1CCCC1c1ccncc1. The Balaban J connectivity index is 1.97. The van der Waals surface area contributed by atoms with Gasteiger partial charge in [0.15, 0.2) is 0 Å². The number of amides is 1. The largest absolute Gasteiger partial charge is 0.496 e. The van der Waals surface area contributed by atoms with E-state index in [4.69, 9.17) is 9.47 Å². The van der Waals surface area contributed by atoms with Crippen molar-refractivity contribution >= 4 is 5.91 Å². The predicted octanol–water partition coefficient (Wildman–Crippen LogP) is 3.08. The molecule has 23 heavy (non-hydrogen) atoms. The fraction of sp³-hybridized carbons (Fsp3) is 0.333. The zero-order chi connectivity index (χ0) is 16.2. The summed E-state index contributed by atoms with van der Waals surface area (Å²) in [5.74, 6) is 1.02. The number of likely N-dealkylation sites (tertiary alicyclic amines) is 1. The Hall–Kier alpha value is -2.56. The van der Waals surface area contributed by atoms with Gasteiger partial charge in [0.1, 0.15) is 17.1 Å². The van der Waals surface area contributed by atoms with Gasteiger partial charge >= 0.3 is 0 Å². The van der Waals surface area contributed by atoms with Crippen LogP contribution in [0.5, 0.6) is 11.5 Å². The van der Waals surface area contributed by atoms with Crippen LogP contribution in [0.1, 0.15) is 34.8 Å². The number of pyridine rings is 1. The molecule has 0 aliphatic carbocycles. The molecule has 2 aromatic rings. The summed E-state index contributed by atoms with van der Waals surface area (Å²) < 4.78 is 10.7. The molecule has 1 atom stereocenters. The van der Waals surface area contributed by atoms with Crippen molar-refractivity contribution in [1.82, 2.24) is 9.88 Å². The molecular weight excluding hydrogens is 292 g/mol. The summed E-state index contributed by atoms with van der Waals surface area (Å²) in [6.45, 7) is 0.729. The van der Waals surface area contributed by atoms with E-state index in [0.29, 0.717) is 17.1 Å². The molecule has 5 heteroatoms. The molecule has 1 unspecified atom stereocenters. The second-order valence-corrected chi connectivity index (χ2v) is 5.47. The molecule has 0 saturated carbocycles. The third-order valence-electron chi connectivity index (χ3n) is 4.25. The van der Waals surface area contributed by atoms with Gasteiger partial charge in [0.25, 0.3) is 5.91 Å². The number of hydrogen-bond acceptors (Lipinski definition) is 4. The highest BCUT2D eigenvalue weighted by Crippen LogP contribution is 2.37. The number of rotatable bonds is 4. The zero-order valence-corrected chi connectivity index (χ0v) is 13.4. The summed E-state index contributed by atoms with van der Waals surface area (Å²) in [5, 5.41) is 0. The average molecular weight is 312 g/mol. The first-order chi connectivity index (χ1) is 11.3. The van der Waals surface area contributed by atoms with Gasteiger partial charge in [0.2, 0.25) is 0 Å². The number of hydrogen-bond donors (Lipinski definition) is 0. The van der Waals surface area contributed by atoms with Crippen molar-refractivity contribution in [2.24, 2.45) is 0 Å². The molecule has 1 aliphatic heterocycles. The molecule has 1 aromatic heterocycles. The third kappa shape index (κ3) is 2.86. The summed E-state index contributed by atoms with van der Waals surface area (Å²) in [5.41, 5.74) is 1.60. The van der Waals surface area contributed by atoms with Crippen molar-refractivity contribution in [2.75, 3.05) is 20.8 Å². The summed E-state index contributed by atoms with van der Waals surface area (Å²) >= 11 is 0. The first-order valence-corrected chi connectivity index (χ1v) is 7.68. The number of benzene rings is 1. The lowest BCUT2D eigenvalue weighted by molar-refractivity contribution is 0.0728. The summed E-state index contributed by atoms with van der Waals surface area (Å²) in [6, 6.07) is 9.39. The molecular formula is C18H20N2O3. The molecule has 0 N–H and O–H groups in total. The lowest BCUT2D eigenvalue weighted by atomic mass is 10.0. The minimum absolute atomic E-state index is 0.0568. The highest BCUT2D eigenvalue weighted by atomic mass is 16.5. The van der Waals surface area contributed by atoms with Crippen LogP contribution in [0.15, 0.2) is 42.7 Å². The molecule has 0 spiro atoms. The van der Waals surface area contributed by atoms with Crippen LogP contribution in [0.4, 0.5) is 0 Å². The van der Waals surface area contributed by atoms with Crippen LogP contribution in [-0.2, 0) is 0 Å². The fourth-order valence-corrected chi connectivity index (χ4v) is 3.15. The van der Waals surface area contributed by atoms with E-state index < -0.39 is 0 Å². The van der Waals surface area contributed by atoms with Gasteiger partial charge in [-0.25, -0.2) is 0 Å². The lowest BCUT2D eigenvalue weighted by Crippen LogP contribution is -2.31. The third-order valence-corrected chi connectivity index (χ3v) is 4.25. The van der Waals surface area contributed by atoms with Crippen LogP contribution < -0.4 is 9.47 Å². The van der Waals surface area contributed by atoms with E-state index in [-0.39, 0.29) is 11.9 Å². The Morgan fingerprint density at radius 1 is 1.13 bits per heavy atom. The zero-order valence-electron chi connectivity index (χ0n) is 13.4. The van der Waals surface area contributed by atoms with Gasteiger partial charge in [-0.3, -0.25) is 9.78 Å². The van der Waals surface area contributed by atoms with Crippen molar-refractivity contribution in [1.29, 1.82) is 0 Å². The monoisotopic (exact) mass is 312 g/mol. The summed E-state index contributed by atoms with van der Waals surface area (Å²) in [6.07, 6.45) is 5.46. The first-order valence-electron chi connectivity index (χ1n) is 7.68. The summed E-state index contributed by atoms with van der Waals surface area (Å²) in [7, 11) is 3.13. The minimum atomic E-state index is -0.0568. The first kappa shape index (κ1) is 15.3. The average Bonchev–Trinajstić information content (AvgIpc) is 3.10. The second-order valence-electron chi connectivity index (χ2n) is 5.47. The summed E-state index contributed by atoms with van der Waals surface area (Å²) in [4.78, 5) is 19.1. The van der Waals surface area contributed by atoms with Crippen LogP contribution in [0.25, 0.3) is 0 Å². The molecule has 1 amide bonds. The number of aromatic nitrogens is 1. The van der Waals surface area contributed by atoms with Crippen LogP contribution in [0.2, 0.25) is 0 Å². The molecule has 1 fully saturated rings. The second kappa shape index (κ2) is 6.69. The van der Waals surface area contributed by atoms with E-state index in [2.05, 4.69) is 4.98 Å². The Morgan fingerprint density at radius 2 is 1.78 bits per heavy atom. The molecule has 2 heterocycles. The maximum Gasteiger partial charge on any atom is 0.261 e. The van der Waals surface area contributed by atoms with E-state index in [9.17, 15) is 4.79 Å². The van der Waals surface area contributed by atoms with E-state index in [1.807, 2.05) is 23.1 Å². The van der Waals surface area contributed by atoms with Gasteiger partial charge in [-0.2, -0.15) is 0 Å². The maximum atomic E-state index is 13.1. The highest BCUT2D eigenvalue weighted by molar-refractivity contribution is 6.00. The number of carbonyl (C=O) groups excluding carboxylic acids is 1. The number of nitrogens with zero attached hydrogens (tertiary/aromatic N) is 2. The van der Waals surface area contributed by atoms with E-state index in [0.717, 1.165) is 24.9 Å². The molecule has 0 radical (unpaired) electrons. The van der Waals surface area contributed by atoms with Crippen molar-refractivity contribution in [2.45, 2.75) is 18.9 Å². The topological polar surface area (TPSA) is 51.7 Å². The Morgan fingerprint density at radius 3 is 2.39 bits per heavy atom. The smallest absolute Gasteiger partial charge is 0.261 e. The molecule has 5 nitrogen and oxygen atoms in total. The van der Waals surface area contributed by atoms with Gasteiger partial charge in [-0.05, 0) is 42.7 Å². The van der Waals surface area contributed by atoms with Gasteiger partial charge in [0.05, 0.1) is 20.3 Å². The van der Waals surface area contributed by atoms with Crippen LogP contribution in [0, 0.1) is 0 Å². The van der Waals surface area contributed by atoms with E-state index in [1.54, 1.807) is 38.7 Å². The highest BCUT2D eigenvalue weighted by Gasteiger charge is 2.33. The normalized spacial score (nSPS) is 17.1. The van der Waals surface area contributed by atoms with Gasteiger partial charge in [-0.15, -0.1) is 0 Å². The van der Waals surface area contributed by atoms with Crippen molar-refractivity contribution in [3.63, 3.8) is 0 Å². The standard InChI is InChI=1S/C18H20N2O3/c1-22-15-6-3-7-16(23-2)17(15)18(21)20-12-4-5-14(20)13-8-10-19-11-9-13/h3,6-11,14H,4-5,12H2,1-2H3. The molecule has 1 aliphatic rings. The molecule has 3 rings (SSSR count). The lowest BCUT2D eigenvalue weighted by Gasteiger charge is -2.26. The quantitative estimate of drug-likeness (QED) is 0.870. The maximum absolute atomic E-state index is 13.1. The van der Waals surface area contributed by atoms with Gasteiger partial charge in [-0.1, -0.05) is 6.07 Å². The molecule has 120 valence electrons. The van der Waals surface area contributed by atoms with Crippen LogP contribution in [0.3, 0.4) is 0 Å². The van der Waals surface area contributed by atoms with Crippen LogP contribution in [-0.4, -0.2) is 36.6 Å². The molecule has 0 bridgehead atoms. The fourth-order valence-electron chi connectivity index (χ4n) is 3.15. The predicted molar refractivity (Wildman–Crippen MR) is 86.8 cm³/mol. The molecule has 1 saturated heterocycles. The van der Waals surface area contributed by atoms with Crippen molar-refractivity contribution < 1.29 is 14.3 Å². The number of methoxy groups -OCH3 is 2. The number of carbonyl (C=O) groups is 1. The van der Waals surface area contributed by atoms with Crippen LogP contribution >= 0.6 is 0 Å². The Labute approximate surface area is 135 Å². The molecule has 1 aromatic carbocycles. The van der Waals surface area contributed by atoms with Gasteiger partial charge in [0, 0.05) is 18.9 Å². The van der Waals surface area contributed by atoms with Gasteiger partial charge < -0.3 is 14.4 Å². The van der Waals surface area contributed by atoms with Crippen molar-refractivity contribution in [3.05, 3.63) is 53.9 Å². The number of ether oxygens (including phenoxy) is 2. The Kier molecular flexibility index (Phi) is 4.46. The van der Waals surface area contributed by atoms with E-state index in [1.165, 1.54) is 0 Å².